The van der Waals surface area contributed by atoms with Crippen LogP contribution < -0.4 is 9.64 Å². The zero-order valence-electron chi connectivity index (χ0n) is 28.5. The van der Waals surface area contributed by atoms with Crippen LogP contribution in [-0.4, -0.2) is 93.1 Å². The van der Waals surface area contributed by atoms with Crippen molar-refractivity contribution in [3.05, 3.63) is 53.8 Å². The average Bonchev–Trinajstić information content (AvgIpc) is 3.69. The van der Waals surface area contributed by atoms with Crippen LogP contribution in [0.15, 0.2) is 42.5 Å². The molecular formula is C38H40F2N6O4. The van der Waals surface area contributed by atoms with E-state index in [1.54, 1.807) is 12.1 Å². The van der Waals surface area contributed by atoms with Crippen molar-refractivity contribution in [3.8, 4) is 29.0 Å². The van der Waals surface area contributed by atoms with Crippen molar-refractivity contribution < 1.29 is 28.2 Å². The molecule has 2 unspecified atom stereocenters. The van der Waals surface area contributed by atoms with Gasteiger partial charge in [0.2, 0.25) is 0 Å². The van der Waals surface area contributed by atoms with Crippen LogP contribution >= 0.6 is 0 Å². The van der Waals surface area contributed by atoms with E-state index in [0.29, 0.717) is 53.6 Å². The molecule has 10 nitrogen and oxygen atoms in total. The zero-order chi connectivity index (χ0) is 34.9. The molecule has 1 amide bonds. The molecule has 0 aliphatic carbocycles. The van der Waals surface area contributed by atoms with Gasteiger partial charge in [0.15, 0.2) is 5.82 Å². The molecule has 4 atom stereocenters. The fourth-order valence-corrected chi connectivity index (χ4v) is 8.69. The number of ether oxygens (including phenoxy) is 2. The standard InChI is InChI=1S/C38H40F2N6O4/c1-37(2,3)50-36(48)46-25-9-10-26(46)20-44(19-25)34-30-14-23(17-41)31(29-15-27(47)13-22-7-4-5-8-28(22)29)32(40)33(30)42-35(43-34)49-21-38-11-6-12-45(38)18-24(39)16-38/h4-5,7-8,13-15,24-26,47H,6,9-12,16,18-21H2,1-3H3/t24-,25?,26?,38+/m1/s1. The van der Waals surface area contributed by atoms with Crippen molar-refractivity contribution in [2.45, 2.75) is 82.3 Å². The average molecular weight is 683 g/mol. The molecule has 0 radical (unpaired) electrons. The number of anilines is 1. The van der Waals surface area contributed by atoms with Gasteiger partial charge in [-0.15, -0.1) is 0 Å². The van der Waals surface area contributed by atoms with Crippen LogP contribution in [0.1, 0.15) is 58.4 Å². The Morgan fingerprint density at radius 1 is 1.10 bits per heavy atom. The number of aromatic hydroxyl groups is 1. The molecule has 5 heterocycles. The molecule has 4 fully saturated rings. The molecule has 2 bridgehead atoms. The third-order valence-corrected chi connectivity index (χ3v) is 10.7. The fraction of sp³-hybridized carbons (Fsp3) is 0.474. The summed E-state index contributed by atoms with van der Waals surface area (Å²) in [5.74, 6) is -0.385. The molecule has 1 aromatic heterocycles. The molecule has 4 aliphatic rings. The van der Waals surface area contributed by atoms with Crippen molar-refractivity contribution in [1.82, 2.24) is 19.8 Å². The van der Waals surface area contributed by atoms with E-state index in [4.69, 9.17) is 14.5 Å². The number of benzene rings is 3. The Morgan fingerprint density at radius 2 is 1.86 bits per heavy atom. The van der Waals surface area contributed by atoms with Crippen molar-refractivity contribution in [2.24, 2.45) is 0 Å². The van der Waals surface area contributed by atoms with Crippen LogP contribution in [0, 0.1) is 17.1 Å². The van der Waals surface area contributed by atoms with E-state index in [1.165, 1.54) is 6.07 Å². The highest BCUT2D eigenvalue weighted by Gasteiger charge is 2.50. The van der Waals surface area contributed by atoms with Gasteiger partial charge >= 0.3 is 12.1 Å². The van der Waals surface area contributed by atoms with Crippen molar-refractivity contribution in [1.29, 1.82) is 5.26 Å². The van der Waals surface area contributed by atoms with E-state index in [0.717, 1.165) is 32.2 Å². The molecule has 4 aromatic rings. The summed E-state index contributed by atoms with van der Waals surface area (Å²) < 4.78 is 43.8. The molecule has 1 N–H and O–H groups in total. The van der Waals surface area contributed by atoms with Crippen LogP contribution in [0.25, 0.3) is 32.8 Å². The number of hydrogen-bond acceptors (Lipinski definition) is 9. The molecule has 0 saturated carbocycles. The first-order valence-electron chi connectivity index (χ1n) is 17.4. The van der Waals surface area contributed by atoms with Gasteiger partial charge in [-0.3, -0.25) is 9.80 Å². The van der Waals surface area contributed by atoms with Gasteiger partial charge < -0.3 is 19.5 Å². The van der Waals surface area contributed by atoms with E-state index < -0.39 is 23.1 Å². The predicted molar refractivity (Wildman–Crippen MR) is 184 cm³/mol. The number of carbonyl (C=O) groups excluding carboxylic acids is 1. The number of aromatic nitrogens is 2. The van der Waals surface area contributed by atoms with Crippen molar-refractivity contribution >= 4 is 33.6 Å². The maximum Gasteiger partial charge on any atom is 0.410 e. The lowest BCUT2D eigenvalue weighted by atomic mass is 9.92. The fourth-order valence-electron chi connectivity index (χ4n) is 8.69. The lowest BCUT2D eigenvalue weighted by Gasteiger charge is -2.42. The highest BCUT2D eigenvalue weighted by Crippen LogP contribution is 2.43. The van der Waals surface area contributed by atoms with Crippen molar-refractivity contribution in [2.75, 3.05) is 37.7 Å². The maximum absolute atomic E-state index is 17.2. The summed E-state index contributed by atoms with van der Waals surface area (Å²) in [6, 6.07) is 13.8. The lowest BCUT2D eigenvalue weighted by molar-refractivity contribution is 0.0122. The number of piperazine rings is 1. The predicted octanol–water partition coefficient (Wildman–Crippen LogP) is 6.71. The number of fused-ring (bicyclic) bond motifs is 5. The molecule has 0 spiro atoms. The van der Waals surface area contributed by atoms with Crippen LogP contribution in [0.3, 0.4) is 0 Å². The first kappa shape index (κ1) is 32.4. The lowest BCUT2D eigenvalue weighted by Crippen LogP contribution is -2.57. The van der Waals surface area contributed by atoms with Crippen LogP contribution in [0.4, 0.5) is 19.4 Å². The van der Waals surface area contributed by atoms with Gasteiger partial charge in [0, 0.05) is 37.0 Å². The number of halogens is 2. The number of rotatable bonds is 5. The van der Waals surface area contributed by atoms with Gasteiger partial charge in [-0.05, 0) is 87.5 Å². The van der Waals surface area contributed by atoms with Crippen LogP contribution in [-0.2, 0) is 4.74 Å². The number of phenols is 1. The second-order valence-electron chi connectivity index (χ2n) is 15.2. The zero-order valence-corrected chi connectivity index (χ0v) is 28.5. The number of hydrogen-bond donors (Lipinski definition) is 1. The highest BCUT2D eigenvalue weighted by atomic mass is 19.1. The Morgan fingerprint density at radius 3 is 2.60 bits per heavy atom. The first-order valence-corrected chi connectivity index (χ1v) is 17.4. The SMILES string of the molecule is CC(C)(C)OC(=O)N1C2CCC1CN(c1nc(OC[C@@]34CCCN3C[C@H](F)C4)nc3c(F)c(-c4cc(O)cc5ccccc45)c(C#N)cc13)C2. The summed E-state index contributed by atoms with van der Waals surface area (Å²) in [5, 5.41) is 22.7. The number of nitriles is 1. The Labute approximate surface area is 289 Å². The number of carbonyl (C=O) groups is 1. The molecule has 8 rings (SSSR count). The summed E-state index contributed by atoms with van der Waals surface area (Å²) in [5.41, 5.74) is -0.672. The Hall–Kier alpha value is -4.76. The molecule has 4 saturated heterocycles. The number of phenolic OH excluding ortho intramolecular Hbond substituents is 1. The Bertz CT molecular complexity index is 2050. The van der Waals surface area contributed by atoms with Gasteiger partial charge in [0.05, 0.1) is 29.3 Å². The van der Waals surface area contributed by atoms with E-state index in [-0.39, 0.29) is 53.2 Å². The Balaban J connectivity index is 1.24. The van der Waals surface area contributed by atoms with E-state index in [2.05, 4.69) is 16.0 Å². The summed E-state index contributed by atoms with van der Waals surface area (Å²) in [7, 11) is 0. The van der Waals surface area contributed by atoms with Gasteiger partial charge in [-0.1, -0.05) is 24.3 Å². The van der Waals surface area contributed by atoms with Crippen molar-refractivity contribution in [3.63, 3.8) is 0 Å². The second kappa shape index (κ2) is 11.9. The molecule has 260 valence electrons. The minimum Gasteiger partial charge on any atom is -0.508 e. The molecule has 50 heavy (non-hydrogen) atoms. The summed E-state index contributed by atoms with van der Waals surface area (Å²) in [6.07, 6.45) is 2.35. The monoisotopic (exact) mass is 682 g/mol. The minimum atomic E-state index is -0.940. The van der Waals surface area contributed by atoms with Gasteiger partial charge in [-0.2, -0.15) is 15.2 Å². The highest BCUT2D eigenvalue weighted by molar-refractivity contribution is 6.03. The molecule has 12 heteroatoms. The van der Waals surface area contributed by atoms with Gasteiger partial charge in [0.1, 0.15) is 35.5 Å². The summed E-state index contributed by atoms with van der Waals surface area (Å²) >= 11 is 0. The molecular weight excluding hydrogens is 642 g/mol. The third kappa shape index (κ3) is 5.52. The smallest absolute Gasteiger partial charge is 0.410 e. The van der Waals surface area contributed by atoms with Gasteiger partial charge in [0.25, 0.3) is 0 Å². The quantitative estimate of drug-likeness (QED) is 0.245. The normalized spacial score (nSPS) is 24.9. The maximum atomic E-state index is 17.2. The summed E-state index contributed by atoms with van der Waals surface area (Å²) in [6.45, 7) is 7.70. The summed E-state index contributed by atoms with van der Waals surface area (Å²) in [4.78, 5) is 28.7. The van der Waals surface area contributed by atoms with E-state index in [1.807, 2.05) is 54.8 Å². The first-order chi connectivity index (χ1) is 23.9. The number of amides is 1. The van der Waals surface area contributed by atoms with Crippen LogP contribution in [0.2, 0.25) is 0 Å². The largest absolute Gasteiger partial charge is 0.508 e. The topological polar surface area (TPSA) is 115 Å². The number of alkyl halides is 1. The molecule has 4 aliphatic heterocycles. The van der Waals surface area contributed by atoms with Gasteiger partial charge in [-0.25, -0.2) is 13.6 Å². The third-order valence-electron chi connectivity index (χ3n) is 10.7. The second-order valence-corrected chi connectivity index (χ2v) is 15.2. The van der Waals surface area contributed by atoms with Crippen LogP contribution in [0.5, 0.6) is 11.8 Å². The molecule has 3 aromatic carbocycles. The Kier molecular flexibility index (Phi) is 7.75. The van der Waals surface area contributed by atoms with E-state index in [9.17, 15) is 19.6 Å². The van der Waals surface area contributed by atoms with E-state index >= 15 is 4.39 Å². The number of nitrogens with zero attached hydrogens (tertiary/aromatic N) is 6. The minimum absolute atomic E-state index is 0.0224.